The number of rotatable bonds is 13. The Labute approximate surface area is 432 Å². The maximum atomic E-state index is 12.7. The molecule has 74 heavy (non-hydrogen) atoms. The lowest BCUT2D eigenvalue weighted by Gasteiger charge is -2.61. The molecule has 0 aromatic rings. The number of hydrogen-bond donors (Lipinski definition) is 9. The molecule has 28 atom stereocenters. The highest BCUT2D eigenvalue weighted by Crippen LogP contribution is 2.71. The van der Waals surface area contributed by atoms with Gasteiger partial charge in [0.05, 0.1) is 37.1 Å². The Bertz CT molecular complexity index is 2170. The molecule has 0 aromatic carbocycles. The molecular weight excluding hydrogens is 997 g/mol. The second kappa shape index (κ2) is 21.3. The number of esters is 1. The summed E-state index contributed by atoms with van der Waals surface area (Å²) in [6.07, 6.45) is -19.8. The Morgan fingerprint density at radius 1 is 0.838 bits per heavy atom. The lowest BCUT2D eigenvalue weighted by molar-refractivity contribution is -0.371. The van der Waals surface area contributed by atoms with Crippen LogP contribution in [0.3, 0.4) is 0 Å². The molecule has 9 rings (SSSR count). The van der Waals surface area contributed by atoms with E-state index in [4.69, 9.17) is 46.8 Å². The summed E-state index contributed by atoms with van der Waals surface area (Å²) >= 11 is 0. The van der Waals surface area contributed by atoms with Crippen molar-refractivity contribution in [2.24, 2.45) is 46.3 Å². The van der Waals surface area contributed by atoms with E-state index < -0.39 is 151 Å². The number of aliphatic hydroxyl groups is 8. The van der Waals surface area contributed by atoms with Gasteiger partial charge in [-0.2, -0.15) is 8.42 Å². The van der Waals surface area contributed by atoms with Crippen molar-refractivity contribution in [3.05, 3.63) is 23.8 Å². The van der Waals surface area contributed by atoms with E-state index in [9.17, 15) is 58.6 Å². The third-order valence-corrected chi connectivity index (χ3v) is 19.8. The number of carbonyl (C=O) groups excluding carboxylic acids is 1. The molecule has 4 aliphatic carbocycles. The van der Waals surface area contributed by atoms with Crippen LogP contribution in [0.4, 0.5) is 0 Å². The largest absolute Gasteiger partial charge is 0.461 e. The number of carbonyl (C=O) groups is 1. The molecule has 8 fully saturated rings. The van der Waals surface area contributed by atoms with Gasteiger partial charge < -0.3 is 83.5 Å². The Kier molecular flexibility index (Phi) is 16.4. The van der Waals surface area contributed by atoms with Crippen LogP contribution in [0.2, 0.25) is 0 Å². The van der Waals surface area contributed by atoms with Crippen molar-refractivity contribution in [2.75, 3.05) is 13.2 Å². The second-order valence-electron chi connectivity index (χ2n) is 23.5. The standard InChI is InChI=1S/C51H80O22S/c1-9-22(3)35(52)45(60)64-20-32-37(54)39(56)41(58)47(69-32)68-27-16-26-10-11-28-29(13-14-49(7)30(28)18-31-34(49)23(4)51(72-31)15-12-21(2)19-65-51)50(26,8)33(17-27)70-48-44(42(59)43(25(6)67-48)73-74(61,62)63)71-46-40(57)38(55)36(53)24(5)66-46/h10,22-25,27-44,46-48,52-59H,2,9,11-20H2,1,3-8H3,(H,61,62,63). The third kappa shape index (κ3) is 10.1. The smallest absolute Gasteiger partial charge is 0.397 e. The molecule has 5 saturated heterocycles. The van der Waals surface area contributed by atoms with Crippen LogP contribution in [-0.2, 0) is 62.0 Å². The van der Waals surface area contributed by atoms with Crippen molar-refractivity contribution >= 4 is 16.4 Å². The van der Waals surface area contributed by atoms with Crippen molar-refractivity contribution in [3.8, 4) is 0 Å². The van der Waals surface area contributed by atoms with Crippen LogP contribution in [0, 0.1) is 46.3 Å². The lowest BCUT2D eigenvalue weighted by Crippen LogP contribution is -2.65. The number of ether oxygens (including phenoxy) is 9. The molecule has 9 N–H and O–H groups in total. The minimum absolute atomic E-state index is 0.0101. The molecule has 9 aliphatic rings. The summed E-state index contributed by atoms with van der Waals surface area (Å²) < 4.78 is 95.7. The van der Waals surface area contributed by atoms with E-state index in [1.807, 2.05) is 0 Å². The molecular formula is C51H80O22S. The summed E-state index contributed by atoms with van der Waals surface area (Å²) in [6, 6.07) is 0. The van der Waals surface area contributed by atoms with Gasteiger partial charge in [0.25, 0.3) is 0 Å². The average Bonchev–Trinajstić information content (AvgIpc) is 3.80. The van der Waals surface area contributed by atoms with Gasteiger partial charge in [-0.3, -0.25) is 4.55 Å². The average molecular weight is 1080 g/mol. The third-order valence-electron chi connectivity index (χ3n) is 19.3. The highest BCUT2D eigenvalue weighted by molar-refractivity contribution is 7.80. The number of allylic oxidation sites excluding steroid dienone is 1. The quantitative estimate of drug-likeness (QED) is 0.0703. The normalized spacial score (nSPS) is 51.3. The van der Waals surface area contributed by atoms with Gasteiger partial charge in [-0.25, -0.2) is 8.98 Å². The first kappa shape index (κ1) is 56.9. The topological polar surface area (TPSA) is 326 Å². The zero-order valence-electron chi connectivity index (χ0n) is 43.2. The minimum atomic E-state index is -5.19. The highest BCUT2D eigenvalue weighted by Gasteiger charge is 2.70. The summed E-state index contributed by atoms with van der Waals surface area (Å²) in [5, 5.41) is 88.1. The molecule has 0 amide bonds. The van der Waals surface area contributed by atoms with Gasteiger partial charge in [0.2, 0.25) is 0 Å². The molecule has 5 heterocycles. The Balaban J connectivity index is 1.03. The molecule has 3 saturated carbocycles. The van der Waals surface area contributed by atoms with Gasteiger partial charge in [-0.05, 0) is 87.4 Å². The van der Waals surface area contributed by atoms with E-state index in [1.165, 1.54) is 13.8 Å². The summed E-state index contributed by atoms with van der Waals surface area (Å²) in [7, 11) is -5.19. The number of fused-ring (bicyclic) bond motifs is 7. The number of aliphatic hydroxyl groups excluding tert-OH is 8. The van der Waals surface area contributed by atoms with E-state index in [1.54, 1.807) is 13.8 Å². The van der Waals surface area contributed by atoms with Crippen LogP contribution in [0.5, 0.6) is 0 Å². The monoisotopic (exact) mass is 1080 g/mol. The van der Waals surface area contributed by atoms with Gasteiger partial charge in [-0.15, -0.1) is 0 Å². The minimum Gasteiger partial charge on any atom is -0.461 e. The van der Waals surface area contributed by atoms with Crippen molar-refractivity contribution in [2.45, 2.75) is 229 Å². The summed E-state index contributed by atoms with van der Waals surface area (Å²) in [5.74, 6) is -1.26. The summed E-state index contributed by atoms with van der Waals surface area (Å²) in [5.41, 5.74) is 1.12. The van der Waals surface area contributed by atoms with Gasteiger partial charge in [-0.1, -0.05) is 64.8 Å². The maximum Gasteiger partial charge on any atom is 0.397 e. The van der Waals surface area contributed by atoms with Crippen LogP contribution in [-0.4, -0.2) is 195 Å². The SMILES string of the molecule is C=C1CCC2(OC1)OC1CC3C4CC=C5CC(OC6OC(COC(=O)C(O)C(C)CC)C(O)C(O)C6O)CC(OC6OC(C)C(OS(=O)(=O)O)C(O)C6OC6OC(C)C(O)C(O)C6O)C5(C)C4CCC3(C)C1C2C. The summed E-state index contributed by atoms with van der Waals surface area (Å²) in [6.45, 7) is 17.1. The Morgan fingerprint density at radius 3 is 2.18 bits per heavy atom. The van der Waals surface area contributed by atoms with Crippen molar-refractivity contribution < 1.29 is 105 Å². The first-order valence-corrected chi connectivity index (χ1v) is 28.0. The van der Waals surface area contributed by atoms with E-state index in [-0.39, 0.29) is 47.5 Å². The molecule has 422 valence electrons. The van der Waals surface area contributed by atoms with Gasteiger partial charge in [0.15, 0.2) is 30.8 Å². The van der Waals surface area contributed by atoms with E-state index in [0.29, 0.717) is 25.9 Å². The predicted octanol–water partition coefficient (Wildman–Crippen LogP) is 0.918. The van der Waals surface area contributed by atoms with E-state index in [0.717, 1.165) is 43.3 Å². The van der Waals surface area contributed by atoms with Crippen LogP contribution >= 0.6 is 0 Å². The van der Waals surface area contributed by atoms with Gasteiger partial charge >= 0.3 is 16.4 Å². The lowest BCUT2D eigenvalue weighted by atomic mass is 9.46. The second-order valence-corrected chi connectivity index (χ2v) is 24.5. The van der Waals surface area contributed by atoms with Gasteiger partial charge in [0, 0.05) is 24.2 Å². The number of hydrogen-bond acceptors (Lipinski definition) is 21. The molecule has 5 aliphatic heterocycles. The highest BCUT2D eigenvalue weighted by atomic mass is 32.3. The van der Waals surface area contributed by atoms with Crippen molar-refractivity contribution in [3.63, 3.8) is 0 Å². The van der Waals surface area contributed by atoms with Crippen molar-refractivity contribution in [1.82, 2.24) is 0 Å². The molecule has 23 heteroatoms. The van der Waals surface area contributed by atoms with Crippen LogP contribution in [0.25, 0.3) is 0 Å². The van der Waals surface area contributed by atoms with Crippen LogP contribution in [0.1, 0.15) is 106 Å². The molecule has 1 spiro atoms. The zero-order chi connectivity index (χ0) is 53.7. The molecule has 0 radical (unpaired) electrons. The fraction of sp³-hybridized carbons (Fsp3) is 0.902. The molecule has 28 unspecified atom stereocenters. The van der Waals surface area contributed by atoms with E-state index >= 15 is 0 Å². The molecule has 0 aromatic heterocycles. The maximum absolute atomic E-state index is 12.7. The fourth-order valence-corrected chi connectivity index (χ4v) is 15.4. The Morgan fingerprint density at radius 2 is 1.51 bits per heavy atom. The first-order chi connectivity index (χ1) is 34.7. The fourth-order valence-electron chi connectivity index (χ4n) is 14.8. The van der Waals surface area contributed by atoms with Crippen LogP contribution < -0.4 is 0 Å². The Hall–Kier alpha value is -1.82. The first-order valence-electron chi connectivity index (χ1n) is 26.6. The zero-order valence-corrected chi connectivity index (χ0v) is 44.1. The van der Waals surface area contributed by atoms with Gasteiger partial charge in [0.1, 0.15) is 67.6 Å². The summed E-state index contributed by atoms with van der Waals surface area (Å²) in [4.78, 5) is 12.7. The molecule has 22 nitrogen and oxygen atoms in total. The van der Waals surface area contributed by atoms with E-state index in [2.05, 4.69) is 33.4 Å². The predicted molar refractivity (Wildman–Crippen MR) is 254 cm³/mol. The molecule has 0 bridgehead atoms. The van der Waals surface area contributed by atoms with Crippen molar-refractivity contribution in [1.29, 1.82) is 0 Å². The van der Waals surface area contributed by atoms with Crippen LogP contribution in [0.15, 0.2) is 23.8 Å².